The van der Waals surface area contributed by atoms with Crippen molar-refractivity contribution in [3.05, 3.63) is 70.3 Å². The van der Waals surface area contributed by atoms with Crippen LogP contribution in [0, 0.1) is 13.8 Å². The van der Waals surface area contributed by atoms with Gasteiger partial charge in [-0.25, -0.2) is 0 Å². The van der Waals surface area contributed by atoms with Gasteiger partial charge in [0.1, 0.15) is 0 Å². The van der Waals surface area contributed by atoms with Crippen LogP contribution in [0.2, 0.25) is 0 Å². The molecule has 0 radical (unpaired) electrons. The molecule has 0 saturated heterocycles. The lowest BCUT2D eigenvalue weighted by Crippen LogP contribution is -2.14. The second-order valence-electron chi connectivity index (χ2n) is 6.29. The van der Waals surface area contributed by atoms with E-state index in [4.69, 9.17) is 0 Å². The van der Waals surface area contributed by atoms with Crippen LogP contribution in [0.3, 0.4) is 0 Å². The molecule has 1 heteroatoms. The minimum absolute atomic E-state index is 0.281. The zero-order chi connectivity index (χ0) is 14.8. The van der Waals surface area contributed by atoms with Crippen molar-refractivity contribution in [1.29, 1.82) is 0 Å². The first-order valence-corrected chi connectivity index (χ1v) is 7.83. The second-order valence-corrected chi connectivity index (χ2v) is 6.29. The van der Waals surface area contributed by atoms with E-state index in [0.29, 0.717) is 12.3 Å². The highest BCUT2D eigenvalue weighted by Crippen LogP contribution is 2.34. The van der Waals surface area contributed by atoms with Gasteiger partial charge >= 0.3 is 0 Å². The average molecular weight is 278 g/mol. The Kier molecular flexibility index (Phi) is 3.92. The van der Waals surface area contributed by atoms with E-state index in [1.54, 1.807) is 0 Å². The zero-order valence-electron chi connectivity index (χ0n) is 12.9. The average Bonchev–Trinajstić information content (AvgIpc) is 2.46. The van der Waals surface area contributed by atoms with Crippen LogP contribution in [0.4, 0.5) is 0 Å². The molecule has 0 heterocycles. The summed E-state index contributed by atoms with van der Waals surface area (Å²) in [6, 6.07) is 14.8. The summed E-state index contributed by atoms with van der Waals surface area (Å²) in [6.07, 6.45) is 4.12. The number of ketones is 1. The first-order chi connectivity index (χ1) is 10.1. The van der Waals surface area contributed by atoms with Crippen LogP contribution in [0.15, 0.2) is 42.5 Å². The number of benzene rings is 2. The third-order valence-corrected chi connectivity index (χ3v) is 4.47. The standard InChI is InChI=1S/C20H22O/c1-14-10-15(2)12-18(11-14)20(21)13-17-8-5-7-16-6-3-4-9-19(16)17/h3-4,6,9-12,17H,5,7-8,13H2,1-2H3. The lowest BCUT2D eigenvalue weighted by Gasteiger charge is -2.25. The Morgan fingerprint density at radius 1 is 1.10 bits per heavy atom. The largest absolute Gasteiger partial charge is 0.294 e. The van der Waals surface area contributed by atoms with Gasteiger partial charge in [0.05, 0.1) is 0 Å². The Bertz CT molecular complexity index is 649. The predicted octanol–water partition coefficient (Wildman–Crippen LogP) is 5.00. The number of fused-ring (bicyclic) bond motifs is 1. The van der Waals surface area contributed by atoms with Gasteiger partial charge < -0.3 is 0 Å². The molecule has 0 saturated carbocycles. The Labute approximate surface area is 127 Å². The Hall–Kier alpha value is -1.89. The lowest BCUT2D eigenvalue weighted by atomic mass is 9.79. The van der Waals surface area contributed by atoms with Crippen LogP contribution in [0.1, 0.15) is 57.8 Å². The molecular weight excluding hydrogens is 256 g/mol. The quantitative estimate of drug-likeness (QED) is 0.722. The smallest absolute Gasteiger partial charge is 0.163 e. The minimum atomic E-state index is 0.281. The van der Waals surface area contributed by atoms with Gasteiger partial charge in [-0.3, -0.25) is 4.79 Å². The molecule has 3 rings (SSSR count). The van der Waals surface area contributed by atoms with Crippen LogP contribution in [-0.4, -0.2) is 5.78 Å². The molecule has 0 fully saturated rings. The van der Waals surface area contributed by atoms with Crippen molar-refractivity contribution in [2.75, 3.05) is 0 Å². The molecule has 1 aliphatic rings. The fourth-order valence-electron chi connectivity index (χ4n) is 3.54. The molecule has 0 bridgehead atoms. The van der Waals surface area contributed by atoms with Crippen molar-refractivity contribution < 1.29 is 4.79 Å². The lowest BCUT2D eigenvalue weighted by molar-refractivity contribution is 0.0971. The maximum absolute atomic E-state index is 12.6. The molecule has 0 aromatic heterocycles. The number of hydrogen-bond acceptors (Lipinski definition) is 1. The van der Waals surface area contributed by atoms with E-state index in [1.807, 2.05) is 12.1 Å². The summed E-state index contributed by atoms with van der Waals surface area (Å²) >= 11 is 0. The van der Waals surface area contributed by atoms with Crippen molar-refractivity contribution in [3.8, 4) is 0 Å². The van der Waals surface area contributed by atoms with E-state index in [2.05, 4.69) is 44.2 Å². The van der Waals surface area contributed by atoms with Crippen molar-refractivity contribution >= 4 is 5.78 Å². The van der Waals surface area contributed by atoms with Gasteiger partial charge in [0.2, 0.25) is 0 Å². The highest BCUT2D eigenvalue weighted by molar-refractivity contribution is 5.97. The Balaban J connectivity index is 1.82. The molecule has 1 nitrogen and oxygen atoms in total. The van der Waals surface area contributed by atoms with Crippen LogP contribution < -0.4 is 0 Å². The zero-order valence-corrected chi connectivity index (χ0v) is 12.9. The number of aryl methyl sites for hydroxylation is 3. The maximum Gasteiger partial charge on any atom is 0.163 e. The molecule has 1 aliphatic carbocycles. The summed E-state index contributed by atoms with van der Waals surface area (Å²) in [6.45, 7) is 4.11. The fourth-order valence-corrected chi connectivity index (χ4v) is 3.54. The summed E-state index contributed by atoms with van der Waals surface area (Å²) < 4.78 is 0. The summed E-state index contributed by atoms with van der Waals surface area (Å²) in [5, 5.41) is 0. The highest BCUT2D eigenvalue weighted by atomic mass is 16.1. The van der Waals surface area contributed by atoms with E-state index in [1.165, 1.54) is 28.7 Å². The number of carbonyl (C=O) groups excluding carboxylic acids is 1. The second kappa shape index (κ2) is 5.85. The van der Waals surface area contributed by atoms with Crippen molar-refractivity contribution in [1.82, 2.24) is 0 Å². The van der Waals surface area contributed by atoms with E-state index in [9.17, 15) is 4.79 Å². The highest BCUT2D eigenvalue weighted by Gasteiger charge is 2.22. The van der Waals surface area contributed by atoms with E-state index in [0.717, 1.165) is 18.4 Å². The summed E-state index contributed by atoms with van der Waals surface area (Å²) in [4.78, 5) is 12.6. The predicted molar refractivity (Wildman–Crippen MR) is 87.0 cm³/mol. The molecular formula is C20H22O. The van der Waals surface area contributed by atoms with E-state index < -0.39 is 0 Å². The van der Waals surface area contributed by atoms with Gasteiger partial charge in [-0.15, -0.1) is 0 Å². The Morgan fingerprint density at radius 3 is 2.57 bits per heavy atom. The third kappa shape index (κ3) is 3.07. The molecule has 108 valence electrons. The minimum Gasteiger partial charge on any atom is -0.294 e. The molecule has 21 heavy (non-hydrogen) atoms. The number of rotatable bonds is 3. The number of carbonyl (C=O) groups is 1. The van der Waals surface area contributed by atoms with Crippen molar-refractivity contribution in [3.63, 3.8) is 0 Å². The van der Waals surface area contributed by atoms with Gasteiger partial charge in [-0.1, -0.05) is 41.5 Å². The molecule has 0 spiro atoms. The first-order valence-electron chi connectivity index (χ1n) is 7.83. The van der Waals surface area contributed by atoms with Crippen LogP contribution >= 0.6 is 0 Å². The normalized spacial score (nSPS) is 17.3. The van der Waals surface area contributed by atoms with E-state index >= 15 is 0 Å². The number of hydrogen-bond donors (Lipinski definition) is 0. The summed E-state index contributed by atoms with van der Waals surface area (Å²) in [5.74, 6) is 0.673. The van der Waals surface area contributed by atoms with Gasteiger partial charge in [0, 0.05) is 12.0 Å². The van der Waals surface area contributed by atoms with Crippen molar-refractivity contribution in [2.45, 2.75) is 45.4 Å². The molecule has 2 aromatic rings. The van der Waals surface area contributed by atoms with Gasteiger partial charge in [0.15, 0.2) is 5.78 Å². The summed E-state index contributed by atoms with van der Waals surface area (Å²) in [5.41, 5.74) is 6.03. The fraction of sp³-hybridized carbons (Fsp3) is 0.350. The SMILES string of the molecule is Cc1cc(C)cc(C(=O)CC2CCCc3ccccc32)c1. The molecule has 0 N–H and O–H groups in total. The molecule has 2 aromatic carbocycles. The number of Topliss-reactive ketones (excluding diaryl/α,β-unsaturated/α-hetero) is 1. The van der Waals surface area contributed by atoms with Crippen molar-refractivity contribution in [2.24, 2.45) is 0 Å². The topological polar surface area (TPSA) is 17.1 Å². The molecule has 0 amide bonds. The summed E-state index contributed by atoms with van der Waals surface area (Å²) in [7, 11) is 0. The van der Waals surface area contributed by atoms with Gasteiger partial charge in [-0.2, -0.15) is 0 Å². The molecule has 0 aliphatic heterocycles. The third-order valence-electron chi connectivity index (χ3n) is 4.47. The Morgan fingerprint density at radius 2 is 1.81 bits per heavy atom. The van der Waals surface area contributed by atoms with Crippen LogP contribution in [0.5, 0.6) is 0 Å². The van der Waals surface area contributed by atoms with Crippen LogP contribution in [-0.2, 0) is 6.42 Å². The van der Waals surface area contributed by atoms with Crippen LogP contribution in [0.25, 0.3) is 0 Å². The monoisotopic (exact) mass is 278 g/mol. The van der Waals surface area contributed by atoms with E-state index in [-0.39, 0.29) is 5.78 Å². The van der Waals surface area contributed by atoms with Gasteiger partial charge in [-0.05, 0) is 62.3 Å². The maximum atomic E-state index is 12.6. The van der Waals surface area contributed by atoms with Gasteiger partial charge in [0.25, 0.3) is 0 Å². The molecule has 1 unspecified atom stereocenters. The molecule has 1 atom stereocenters. The first kappa shape index (κ1) is 14.1.